The largest absolute Gasteiger partial charge is 0.457 e. The summed E-state index contributed by atoms with van der Waals surface area (Å²) in [5, 5.41) is 15.5. The lowest BCUT2D eigenvalue weighted by atomic mass is 10.2. The lowest BCUT2D eigenvalue weighted by molar-refractivity contribution is 0.127. The van der Waals surface area contributed by atoms with E-state index in [2.05, 4.69) is 20.5 Å². The van der Waals surface area contributed by atoms with E-state index in [9.17, 15) is 9.59 Å². The van der Waals surface area contributed by atoms with Gasteiger partial charge in [0.15, 0.2) is 0 Å². The molecule has 1 aromatic carbocycles. The Kier molecular flexibility index (Phi) is 6.97. The Morgan fingerprint density at radius 2 is 1.88 bits per heavy atom. The Balaban J connectivity index is 1.43. The van der Waals surface area contributed by atoms with Gasteiger partial charge in [0.05, 0.1) is 17.1 Å². The number of pyridine rings is 1. The van der Waals surface area contributed by atoms with E-state index >= 15 is 0 Å². The number of β-amino-alcohol motifs (C(OH)–C–C–N with tert-alkyl or cyclic N) is 1. The van der Waals surface area contributed by atoms with Gasteiger partial charge in [0.25, 0.3) is 0 Å². The number of hydrogen-bond acceptors (Lipinski definition) is 6. The molecule has 2 aromatic heterocycles. The average Bonchev–Trinajstić information content (AvgIpc) is 3.15. The van der Waals surface area contributed by atoms with E-state index in [4.69, 9.17) is 21.4 Å². The minimum absolute atomic E-state index is 0.113. The lowest BCUT2D eigenvalue weighted by Gasteiger charge is -2.34. The molecule has 0 saturated carbocycles. The molecular weight excluding hydrogens is 448 g/mol. The van der Waals surface area contributed by atoms with E-state index < -0.39 is 0 Å². The molecule has 0 unspecified atom stereocenters. The number of aromatic nitrogens is 2. The molecule has 0 radical (unpaired) electrons. The van der Waals surface area contributed by atoms with Gasteiger partial charge in [-0.1, -0.05) is 11.6 Å². The van der Waals surface area contributed by atoms with E-state index in [0.717, 1.165) is 13.1 Å². The van der Waals surface area contributed by atoms with Gasteiger partial charge in [0, 0.05) is 63.6 Å². The number of benzene rings is 1. The van der Waals surface area contributed by atoms with Gasteiger partial charge in [0.1, 0.15) is 17.3 Å². The zero-order chi connectivity index (χ0) is 23.4. The van der Waals surface area contributed by atoms with E-state index in [1.54, 1.807) is 54.7 Å². The molecule has 3 amide bonds. The monoisotopic (exact) mass is 472 g/mol. The smallest absolute Gasteiger partial charge is 0.325 e. The van der Waals surface area contributed by atoms with Gasteiger partial charge in [-0.2, -0.15) is 0 Å². The van der Waals surface area contributed by atoms with Crippen LogP contribution in [0.5, 0.6) is 11.5 Å². The molecule has 11 heteroatoms. The predicted octanol–water partition coefficient (Wildman–Crippen LogP) is 2.81. The van der Waals surface area contributed by atoms with Gasteiger partial charge >= 0.3 is 12.1 Å². The van der Waals surface area contributed by atoms with E-state index in [0.29, 0.717) is 52.9 Å². The second-order valence-electron chi connectivity index (χ2n) is 7.54. The molecule has 1 fully saturated rings. The summed E-state index contributed by atoms with van der Waals surface area (Å²) < 4.78 is 7.38. The minimum Gasteiger partial charge on any atom is -0.457 e. The van der Waals surface area contributed by atoms with Crippen LogP contribution in [0.4, 0.5) is 15.4 Å². The zero-order valence-corrected chi connectivity index (χ0v) is 18.9. The molecule has 174 valence electrons. The van der Waals surface area contributed by atoms with Gasteiger partial charge in [-0.25, -0.2) is 14.6 Å². The Morgan fingerprint density at radius 1 is 1.12 bits per heavy atom. The number of halogens is 1. The van der Waals surface area contributed by atoms with Crippen molar-refractivity contribution < 1.29 is 19.4 Å². The van der Waals surface area contributed by atoms with Crippen LogP contribution < -0.4 is 15.4 Å². The van der Waals surface area contributed by atoms with Crippen LogP contribution in [-0.4, -0.2) is 82.9 Å². The molecular formula is C22H25ClN6O4. The first-order chi connectivity index (χ1) is 16.0. The van der Waals surface area contributed by atoms with Gasteiger partial charge in [-0.3, -0.25) is 14.8 Å². The summed E-state index contributed by atoms with van der Waals surface area (Å²) in [4.78, 5) is 32.6. The summed E-state index contributed by atoms with van der Waals surface area (Å²) in [6, 6.07) is 8.06. The van der Waals surface area contributed by atoms with Crippen LogP contribution in [0.15, 0.2) is 42.7 Å². The summed E-state index contributed by atoms with van der Waals surface area (Å²) in [5.74, 6) is 1.40. The highest BCUT2D eigenvalue weighted by Gasteiger charge is 2.21. The predicted molar refractivity (Wildman–Crippen MR) is 125 cm³/mol. The topological polar surface area (TPSA) is 112 Å². The number of aliphatic hydroxyl groups excluding tert-OH is 1. The zero-order valence-electron chi connectivity index (χ0n) is 18.1. The third-order valence-electron chi connectivity index (χ3n) is 5.44. The molecule has 10 nitrogen and oxygen atoms in total. The lowest BCUT2D eigenvalue weighted by Crippen LogP contribution is -2.50. The van der Waals surface area contributed by atoms with Crippen LogP contribution in [0, 0.1) is 0 Å². The molecule has 3 aromatic rings. The summed E-state index contributed by atoms with van der Waals surface area (Å²) in [6.45, 7) is 3.33. The molecule has 1 aliphatic heterocycles. The van der Waals surface area contributed by atoms with Crippen LogP contribution in [0.2, 0.25) is 5.02 Å². The van der Waals surface area contributed by atoms with Crippen LogP contribution in [0.25, 0.3) is 10.9 Å². The molecule has 0 bridgehead atoms. The number of ether oxygens (including phenoxy) is 1. The van der Waals surface area contributed by atoms with Crippen molar-refractivity contribution in [2.45, 2.75) is 0 Å². The van der Waals surface area contributed by atoms with Crippen LogP contribution >= 0.6 is 11.6 Å². The first kappa shape index (κ1) is 22.8. The Labute approximate surface area is 195 Å². The summed E-state index contributed by atoms with van der Waals surface area (Å²) in [5.41, 5.74) is 0.661. The van der Waals surface area contributed by atoms with E-state index in [-0.39, 0.29) is 18.7 Å². The number of anilines is 1. The fourth-order valence-electron chi connectivity index (χ4n) is 3.70. The highest BCUT2D eigenvalue weighted by Crippen LogP contribution is 2.31. The van der Waals surface area contributed by atoms with Crippen molar-refractivity contribution in [1.82, 2.24) is 24.7 Å². The standard InChI is InChI=1S/C22H25ClN6O4/c1-24-21(31)29-14-18(23)17-12-15(2-3-19(17)29)33-16-4-5-25-20(13-16)26-22(32)28-8-6-27(7-9-28)10-11-30/h2-5,12-14,30H,6-11H2,1H3,(H,24,31)(H,25,26,32). The second kappa shape index (κ2) is 10.1. The quantitative estimate of drug-likeness (QED) is 0.526. The van der Waals surface area contributed by atoms with E-state index in [1.807, 2.05) is 0 Å². The number of urea groups is 1. The summed E-state index contributed by atoms with van der Waals surface area (Å²) >= 11 is 6.30. The van der Waals surface area contributed by atoms with Crippen molar-refractivity contribution in [1.29, 1.82) is 0 Å². The number of rotatable bonds is 5. The summed E-state index contributed by atoms with van der Waals surface area (Å²) in [6.07, 6.45) is 3.11. The Morgan fingerprint density at radius 3 is 2.61 bits per heavy atom. The number of carbonyl (C=O) groups is 2. The number of nitrogens with one attached hydrogen (secondary N) is 2. The van der Waals surface area contributed by atoms with Crippen molar-refractivity contribution in [3.63, 3.8) is 0 Å². The van der Waals surface area contributed by atoms with Crippen molar-refractivity contribution in [3.05, 3.63) is 47.7 Å². The molecule has 0 aliphatic carbocycles. The normalized spacial score (nSPS) is 14.3. The van der Waals surface area contributed by atoms with Crippen molar-refractivity contribution in [2.75, 3.05) is 51.7 Å². The fourth-order valence-corrected chi connectivity index (χ4v) is 3.95. The molecule has 3 heterocycles. The molecule has 0 spiro atoms. The van der Waals surface area contributed by atoms with Gasteiger partial charge < -0.3 is 20.1 Å². The number of nitrogens with zero attached hydrogens (tertiary/aromatic N) is 4. The Hall–Kier alpha value is -3.34. The first-order valence-electron chi connectivity index (χ1n) is 10.5. The maximum atomic E-state index is 12.6. The second-order valence-corrected chi connectivity index (χ2v) is 7.95. The molecule has 3 N–H and O–H groups in total. The van der Waals surface area contributed by atoms with Crippen molar-refractivity contribution in [3.8, 4) is 11.5 Å². The maximum Gasteiger partial charge on any atom is 0.325 e. The maximum absolute atomic E-state index is 12.6. The number of piperazine rings is 1. The third kappa shape index (κ3) is 5.19. The van der Waals surface area contributed by atoms with E-state index in [1.165, 1.54) is 4.57 Å². The van der Waals surface area contributed by atoms with Crippen molar-refractivity contribution in [2.24, 2.45) is 0 Å². The minimum atomic E-state index is -0.287. The number of aliphatic hydroxyl groups is 1. The van der Waals surface area contributed by atoms with Crippen LogP contribution in [0.1, 0.15) is 0 Å². The molecule has 4 rings (SSSR count). The van der Waals surface area contributed by atoms with Gasteiger partial charge in [0.2, 0.25) is 0 Å². The number of hydrogen-bond donors (Lipinski definition) is 3. The van der Waals surface area contributed by atoms with Crippen LogP contribution in [0.3, 0.4) is 0 Å². The van der Waals surface area contributed by atoms with Gasteiger partial charge in [-0.05, 0) is 24.3 Å². The average molecular weight is 473 g/mol. The highest BCUT2D eigenvalue weighted by molar-refractivity contribution is 6.36. The van der Waals surface area contributed by atoms with Gasteiger partial charge in [-0.15, -0.1) is 0 Å². The number of fused-ring (bicyclic) bond motifs is 1. The third-order valence-corrected chi connectivity index (χ3v) is 5.74. The summed E-state index contributed by atoms with van der Waals surface area (Å²) in [7, 11) is 1.55. The molecule has 33 heavy (non-hydrogen) atoms. The molecule has 0 atom stereocenters. The molecule has 1 aliphatic rings. The van der Waals surface area contributed by atoms with Crippen LogP contribution in [-0.2, 0) is 0 Å². The Bertz CT molecular complexity index is 1160. The number of amides is 3. The molecule has 1 saturated heterocycles. The highest BCUT2D eigenvalue weighted by atomic mass is 35.5. The SMILES string of the molecule is CNC(=O)n1cc(Cl)c2cc(Oc3ccnc(NC(=O)N4CCN(CCO)CC4)c3)ccc21. The first-order valence-corrected chi connectivity index (χ1v) is 10.9. The number of carbonyl (C=O) groups excluding carboxylic acids is 2. The fraction of sp³-hybridized carbons (Fsp3) is 0.318. The van der Waals surface area contributed by atoms with Crippen molar-refractivity contribution >= 4 is 40.4 Å².